The molecular weight excluding hydrogens is 496 g/mol. The van der Waals surface area contributed by atoms with Gasteiger partial charge in [-0.3, -0.25) is 4.72 Å². The lowest BCUT2D eigenvalue weighted by atomic mass is 10.2. The van der Waals surface area contributed by atoms with Gasteiger partial charge in [0, 0.05) is 11.9 Å². The molecular formula is C24H20N8O4S. The van der Waals surface area contributed by atoms with Crippen LogP contribution in [0.1, 0.15) is 11.5 Å². The van der Waals surface area contributed by atoms with Crippen LogP contribution in [0.3, 0.4) is 0 Å². The van der Waals surface area contributed by atoms with Gasteiger partial charge in [-0.15, -0.1) is 5.11 Å². The van der Waals surface area contributed by atoms with Crippen LogP contribution in [0, 0.1) is 13.8 Å². The molecule has 2 aromatic carbocycles. The smallest absolute Gasteiger partial charge is 0.263 e. The first-order chi connectivity index (χ1) is 17.9. The van der Waals surface area contributed by atoms with E-state index in [9.17, 15) is 8.42 Å². The number of azo groups is 1. The highest BCUT2D eigenvalue weighted by Gasteiger charge is 2.22. The summed E-state index contributed by atoms with van der Waals surface area (Å²) in [5.74, 6) is 1.31. The van der Waals surface area contributed by atoms with Gasteiger partial charge < -0.3 is 14.4 Å². The zero-order valence-electron chi connectivity index (χ0n) is 19.7. The van der Waals surface area contributed by atoms with Gasteiger partial charge in [0.15, 0.2) is 17.3 Å². The largest absolute Gasteiger partial charge is 0.359 e. The van der Waals surface area contributed by atoms with Gasteiger partial charge in [-0.05, 0) is 62.4 Å². The van der Waals surface area contributed by atoms with Crippen LogP contribution in [0.5, 0.6) is 0 Å². The van der Waals surface area contributed by atoms with Crippen molar-refractivity contribution < 1.29 is 17.5 Å². The minimum absolute atomic E-state index is 0.00444. The maximum Gasteiger partial charge on any atom is 0.263 e. The van der Waals surface area contributed by atoms with Gasteiger partial charge in [-0.1, -0.05) is 28.5 Å². The number of hydrogen-bond donors (Lipinski definition) is 2. The molecule has 5 rings (SSSR count). The number of hydrogen-bond acceptors (Lipinski definition) is 11. The molecule has 12 nitrogen and oxygen atoms in total. The summed E-state index contributed by atoms with van der Waals surface area (Å²) in [4.78, 5) is 0.00444. The quantitative estimate of drug-likeness (QED) is 0.247. The fraction of sp³-hybridized carbons (Fsp3) is 0.0833. The van der Waals surface area contributed by atoms with E-state index in [2.05, 4.69) is 40.8 Å². The predicted molar refractivity (Wildman–Crippen MR) is 135 cm³/mol. The fourth-order valence-electron chi connectivity index (χ4n) is 3.39. The monoisotopic (exact) mass is 516 g/mol. The van der Waals surface area contributed by atoms with E-state index >= 15 is 0 Å². The van der Waals surface area contributed by atoms with Crippen molar-refractivity contribution in [2.75, 3.05) is 10.0 Å². The number of benzene rings is 2. The van der Waals surface area contributed by atoms with Gasteiger partial charge >= 0.3 is 0 Å². The molecule has 0 amide bonds. The van der Waals surface area contributed by atoms with E-state index in [0.29, 0.717) is 40.0 Å². The minimum Gasteiger partial charge on any atom is -0.359 e. The number of anilines is 3. The SMILES string of the molecule is Cc1onc(Nc2ccccc2)c1N=Nc1ccc(S(=O)(=O)Nc2noc(C)c2-c2cccnn2)cc1. The molecule has 3 aromatic heterocycles. The number of aryl methyl sites for hydroxylation is 2. The average molecular weight is 517 g/mol. The first-order valence-corrected chi connectivity index (χ1v) is 12.5. The first kappa shape index (κ1) is 23.8. The normalized spacial score (nSPS) is 11.6. The van der Waals surface area contributed by atoms with E-state index in [1.165, 1.54) is 30.5 Å². The van der Waals surface area contributed by atoms with Gasteiger partial charge in [0.1, 0.15) is 11.5 Å². The summed E-state index contributed by atoms with van der Waals surface area (Å²) in [5.41, 5.74) is 2.52. The molecule has 13 heteroatoms. The molecule has 3 heterocycles. The summed E-state index contributed by atoms with van der Waals surface area (Å²) in [7, 11) is -3.98. The maximum absolute atomic E-state index is 13.0. The Bertz CT molecular complexity index is 1650. The van der Waals surface area contributed by atoms with E-state index in [4.69, 9.17) is 9.05 Å². The van der Waals surface area contributed by atoms with Crippen LogP contribution < -0.4 is 10.0 Å². The third-order valence-electron chi connectivity index (χ3n) is 5.20. The lowest BCUT2D eigenvalue weighted by molar-refractivity contribution is 0.400. The Kier molecular flexibility index (Phi) is 6.43. The summed E-state index contributed by atoms with van der Waals surface area (Å²) in [6, 6.07) is 18.7. The average Bonchev–Trinajstić information content (AvgIpc) is 3.44. The van der Waals surface area contributed by atoms with Crippen molar-refractivity contribution in [1.82, 2.24) is 20.5 Å². The molecule has 0 fully saturated rings. The number of sulfonamides is 1. The molecule has 0 aliphatic heterocycles. The summed E-state index contributed by atoms with van der Waals surface area (Å²) in [6.07, 6.45) is 1.51. The van der Waals surface area contributed by atoms with Crippen LogP contribution in [-0.4, -0.2) is 28.9 Å². The molecule has 0 saturated carbocycles. The highest BCUT2D eigenvalue weighted by atomic mass is 32.2. The van der Waals surface area contributed by atoms with E-state index < -0.39 is 10.0 Å². The van der Waals surface area contributed by atoms with Gasteiger partial charge in [-0.25, -0.2) is 8.42 Å². The lowest BCUT2D eigenvalue weighted by Gasteiger charge is -2.07. The summed E-state index contributed by atoms with van der Waals surface area (Å²) < 4.78 is 38.9. The summed E-state index contributed by atoms with van der Waals surface area (Å²) >= 11 is 0. The van der Waals surface area contributed by atoms with Crippen LogP contribution >= 0.6 is 0 Å². The molecule has 0 aliphatic rings. The van der Waals surface area contributed by atoms with Gasteiger partial charge in [0.2, 0.25) is 5.82 Å². The molecule has 186 valence electrons. The molecule has 0 aliphatic carbocycles. The second kappa shape index (κ2) is 9.99. The first-order valence-electron chi connectivity index (χ1n) is 11.0. The van der Waals surface area contributed by atoms with Crippen molar-refractivity contribution in [3.05, 3.63) is 84.4 Å². The van der Waals surface area contributed by atoms with Gasteiger partial charge in [0.25, 0.3) is 10.0 Å². The van der Waals surface area contributed by atoms with Crippen molar-refractivity contribution in [2.24, 2.45) is 10.2 Å². The molecule has 37 heavy (non-hydrogen) atoms. The Morgan fingerprint density at radius 1 is 0.811 bits per heavy atom. The van der Waals surface area contributed by atoms with Crippen molar-refractivity contribution >= 4 is 38.7 Å². The summed E-state index contributed by atoms with van der Waals surface area (Å²) in [6.45, 7) is 3.38. The van der Waals surface area contributed by atoms with Gasteiger partial charge in [-0.2, -0.15) is 15.3 Å². The lowest BCUT2D eigenvalue weighted by Crippen LogP contribution is -2.13. The minimum atomic E-state index is -3.98. The molecule has 5 aromatic rings. The third kappa shape index (κ3) is 5.21. The molecule has 0 bridgehead atoms. The zero-order chi connectivity index (χ0) is 25.8. The van der Waals surface area contributed by atoms with Crippen LogP contribution in [0.15, 0.2) is 97.1 Å². The van der Waals surface area contributed by atoms with Crippen molar-refractivity contribution in [3.63, 3.8) is 0 Å². The Labute approximate surface area is 211 Å². The maximum atomic E-state index is 13.0. The van der Waals surface area contributed by atoms with Crippen LogP contribution in [0.2, 0.25) is 0 Å². The Morgan fingerprint density at radius 3 is 2.27 bits per heavy atom. The Morgan fingerprint density at radius 2 is 1.54 bits per heavy atom. The van der Waals surface area contributed by atoms with Crippen molar-refractivity contribution in [1.29, 1.82) is 0 Å². The van der Waals surface area contributed by atoms with Gasteiger partial charge in [0.05, 0.1) is 16.1 Å². The number of rotatable bonds is 8. The third-order valence-corrected chi connectivity index (χ3v) is 6.56. The molecule has 0 radical (unpaired) electrons. The Balaban J connectivity index is 1.34. The van der Waals surface area contributed by atoms with E-state index in [0.717, 1.165) is 5.69 Å². The topological polar surface area (TPSA) is 161 Å². The van der Waals surface area contributed by atoms with Crippen molar-refractivity contribution in [3.8, 4) is 11.3 Å². The number of nitrogens with one attached hydrogen (secondary N) is 2. The predicted octanol–water partition coefficient (Wildman–Crippen LogP) is 5.70. The highest BCUT2D eigenvalue weighted by Crippen LogP contribution is 2.33. The molecule has 0 spiro atoms. The van der Waals surface area contributed by atoms with E-state index in [1.54, 1.807) is 26.0 Å². The second-order valence-electron chi connectivity index (χ2n) is 7.80. The number of nitrogens with zero attached hydrogens (tertiary/aromatic N) is 6. The second-order valence-corrected chi connectivity index (χ2v) is 9.48. The van der Waals surface area contributed by atoms with E-state index in [-0.39, 0.29) is 10.7 Å². The molecule has 2 N–H and O–H groups in total. The van der Waals surface area contributed by atoms with Crippen LogP contribution in [0.4, 0.5) is 28.7 Å². The highest BCUT2D eigenvalue weighted by molar-refractivity contribution is 7.92. The molecule has 0 atom stereocenters. The van der Waals surface area contributed by atoms with Crippen LogP contribution in [0.25, 0.3) is 11.3 Å². The number of para-hydroxylation sites is 1. The summed E-state index contributed by atoms with van der Waals surface area (Å²) in [5, 5.41) is 27.2. The molecule has 0 unspecified atom stereocenters. The zero-order valence-corrected chi connectivity index (χ0v) is 20.5. The van der Waals surface area contributed by atoms with Crippen LogP contribution in [-0.2, 0) is 10.0 Å². The molecule has 0 saturated heterocycles. The fourth-order valence-corrected chi connectivity index (χ4v) is 4.40. The Hall–Kier alpha value is -4.91. The van der Waals surface area contributed by atoms with Crippen molar-refractivity contribution in [2.45, 2.75) is 18.7 Å². The standard InChI is InChI=1S/C24H20N8O4S/c1-15-21(20-9-6-14-25-28-20)23(30-35-15)32-37(33,34)19-12-10-18(11-13-19)27-29-22-16(2)36-31-24(22)26-17-7-4-3-5-8-17/h3-14H,1-2H3,(H,26,31)(H,30,32). The number of aromatic nitrogens is 4. The van der Waals surface area contributed by atoms with E-state index in [1.807, 2.05) is 30.3 Å².